The van der Waals surface area contributed by atoms with Crippen molar-refractivity contribution in [3.05, 3.63) is 24.0 Å². The third-order valence-electron chi connectivity index (χ3n) is 3.83. The van der Waals surface area contributed by atoms with Crippen LogP contribution in [0.3, 0.4) is 0 Å². The highest BCUT2D eigenvalue weighted by Crippen LogP contribution is 2.24. The third-order valence-corrected chi connectivity index (χ3v) is 3.83. The Kier molecular flexibility index (Phi) is 3.67. The summed E-state index contributed by atoms with van der Waals surface area (Å²) in [5.41, 5.74) is 1.69. The van der Waals surface area contributed by atoms with Gasteiger partial charge < -0.3 is 10.2 Å². The lowest BCUT2D eigenvalue weighted by Gasteiger charge is -2.20. The zero-order valence-corrected chi connectivity index (χ0v) is 11.3. The number of amides is 1. The van der Waals surface area contributed by atoms with Gasteiger partial charge in [0.1, 0.15) is 0 Å². The van der Waals surface area contributed by atoms with Crippen molar-refractivity contribution < 1.29 is 4.79 Å². The monoisotopic (exact) mass is 259 g/mol. The third kappa shape index (κ3) is 3.25. The van der Waals surface area contributed by atoms with Gasteiger partial charge in [-0.05, 0) is 31.7 Å². The quantitative estimate of drug-likeness (QED) is 0.907. The normalized spacial score (nSPS) is 19.9. The predicted molar refractivity (Wildman–Crippen MR) is 75.3 cm³/mol. The van der Waals surface area contributed by atoms with E-state index in [-0.39, 0.29) is 5.91 Å². The molecule has 0 unspecified atom stereocenters. The second-order valence-corrected chi connectivity index (χ2v) is 5.59. The summed E-state index contributed by atoms with van der Waals surface area (Å²) in [6, 6.07) is 2.53. The molecule has 102 valence electrons. The van der Waals surface area contributed by atoms with E-state index in [4.69, 9.17) is 0 Å². The Hall–Kier alpha value is -1.58. The van der Waals surface area contributed by atoms with E-state index >= 15 is 0 Å². The van der Waals surface area contributed by atoms with Crippen LogP contribution in [0.4, 0.5) is 5.69 Å². The summed E-state index contributed by atoms with van der Waals surface area (Å²) in [5, 5.41) is 3.39. The molecule has 3 rings (SSSR count). The minimum absolute atomic E-state index is 0.133. The summed E-state index contributed by atoms with van der Waals surface area (Å²) in [4.78, 5) is 18.6. The zero-order chi connectivity index (χ0) is 13.1. The Labute approximate surface area is 114 Å². The number of nitrogens with zero attached hydrogens (tertiary/aromatic N) is 2. The lowest BCUT2D eigenvalue weighted by atomic mass is 10.2. The van der Waals surface area contributed by atoms with Crippen LogP contribution in [0.1, 0.15) is 48.9 Å². The van der Waals surface area contributed by atoms with Crippen LogP contribution in [-0.4, -0.2) is 34.9 Å². The van der Waals surface area contributed by atoms with Crippen molar-refractivity contribution in [3.8, 4) is 0 Å². The highest BCUT2D eigenvalue weighted by atomic mass is 16.2. The van der Waals surface area contributed by atoms with Gasteiger partial charge in [-0.25, -0.2) is 0 Å². The van der Waals surface area contributed by atoms with Gasteiger partial charge in [0.05, 0.1) is 11.3 Å². The molecule has 1 aromatic heterocycles. The first-order valence-corrected chi connectivity index (χ1v) is 7.34. The minimum Gasteiger partial charge on any atom is -0.381 e. The van der Waals surface area contributed by atoms with Gasteiger partial charge in [0, 0.05) is 31.5 Å². The van der Waals surface area contributed by atoms with E-state index in [1.54, 1.807) is 12.4 Å². The van der Waals surface area contributed by atoms with Crippen LogP contribution < -0.4 is 5.32 Å². The van der Waals surface area contributed by atoms with Crippen molar-refractivity contribution in [2.45, 2.75) is 44.6 Å². The van der Waals surface area contributed by atoms with E-state index in [0.29, 0.717) is 11.6 Å². The summed E-state index contributed by atoms with van der Waals surface area (Å²) >= 11 is 0. The maximum absolute atomic E-state index is 12.5. The molecule has 1 amide bonds. The van der Waals surface area contributed by atoms with Crippen molar-refractivity contribution in [2.75, 3.05) is 18.4 Å². The first-order chi connectivity index (χ1) is 9.33. The second-order valence-electron chi connectivity index (χ2n) is 5.59. The van der Waals surface area contributed by atoms with E-state index in [0.717, 1.165) is 31.6 Å². The van der Waals surface area contributed by atoms with Crippen molar-refractivity contribution in [1.82, 2.24) is 9.88 Å². The largest absolute Gasteiger partial charge is 0.381 e. The van der Waals surface area contributed by atoms with Gasteiger partial charge in [-0.2, -0.15) is 0 Å². The fraction of sp³-hybridized carbons (Fsp3) is 0.600. The molecule has 0 aromatic carbocycles. The van der Waals surface area contributed by atoms with Crippen LogP contribution in [0.25, 0.3) is 0 Å². The molecular formula is C15H21N3O. The molecule has 0 atom stereocenters. The molecule has 1 aromatic rings. The smallest absolute Gasteiger partial charge is 0.255 e. The highest BCUT2D eigenvalue weighted by Gasteiger charge is 2.22. The fourth-order valence-corrected chi connectivity index (χ4v) is 2.56. The van der Waals surface area contributed by atoms with Gasteiger partial charge in [-0.3, -0.25) is 9.78 Å². The highest BCUT2D eigenvalue weighted by molar-refractivity contribution is 5.94. The SMILES string of the molecule is O=C(c1cncc(NC2CC2)c1)N1CCCCCC1. The lowest BCUT2D eigenvalue weighted by molar-refractivity contribution is 0.0761. The summed E-state index contributed by atoms with van der Waals surface area (Å²) in [6.45, 7) is 1.78. The van der Waals surface area contributed by atoms with Gasteiger partial charge in [-0.15, -0.1) is 0 Å². The number of rotatable bonds is 3. The lowest BCUT2D eigenvalue weighted by Crippen LogP contribution is -2.31. The Bertz CT molecular complexity index is 448. The second kappa shape index (κ2) is 5.59. The van der Waals surface area contributed by atoms with Crippen LogP contribution in [0.15, 0.2) is 18.5 Å². The van der Waals surface area contributed by atoms with Crippen LogP contribution in [0.2, 0.25) is 0 Å². The van der Waals surface area contributed by atoms with Crippen molar-refractivity contribution in [2.24, 2.45) is 0 Å². The standard InChI is InChI=1S/C15H21N3O/c19-15(18-7-3-1-2-4-8-18)12-9-14(11-16-10-12)17-13-5-6-13/h9-11,13,17H,1-8H2. The predicted octanol–water partition coefficient (Wildman–Crippen LogP) is 2.67. The summed E-state index contributed by atoms with van der Waals surface area (Å²) in [6.07, 6.45) is 10.7. The molecule has 1 saturated carbocycles. The number of pyridine rings is 1. The molecule has 4 heteroatoms. The number of anilines is 1. The Balaban J connectivity index is 1.70. The molecule has 2 fully saturated rings. The van der Waals surface area contributed by atoms with E-state index in [2.05, 4.69) is 10.3 Å². The molecule has 1 aliphatic heterocycles. The first-order valence-electron chi connectivity index (χ1n) is 7.34. The molecule has 1 aliphatic carbocycles. The van der Waals surface area contributed by atoms with Gasteiger partial charge in [-0.1, -0.05) is 12.8 Å². The van der Waals surface area contributed by atoms with E-state index in [9.17, 15) is 4.79 Å². The number of hydrogen-bond acceptors (Lipinski definition) is 3. The van der Waals surface area contributed by atoms with Crippen molar-refractivity contribution >= 4 is 11.6 Å². The molecular weight excluding hydrogens is 238 g/mol. The van der Waals surface area contributed by atoms with E-state index in [1.807, 2.05) is 11.0 Å². The molecule has 4 nitrogen and oxygen atoms in total. The molecule has 1 saturated heterocycles. The number of carbonyl (C=O) groups excluding carboxylic acids is 1. The number of hydrogen-bond donors (Lipinski definition) is 1. The molecule has 2 aliphatic rings. The average Bonchev–Trinajstić information content (AvgIpc) is 3.24. The van der Waals surface area contributed by atoms with E-state index < -0.39 is 0 Å². The Morgan fingerprint density at radius 3 is 2.58 bits per heavy atom. The van der Waals surface area contributed by atoms with Gasteiger partial charge in [0.15, 0.2) is 0 Å². The number of aromatic nitrogens is 1. The fourth-order valence-electron chi connectivity index (χ4n) is 2.56. The van der Waals surface area contributed by atoms with Crippen LogP contribution >= 0.6 is 0 Å². The number of nitrogens with one attached hydrogen (secondary N) is 1. The van der Waals surface area contributed by atoms with E-state index in [1.165, 1.54) is 25.7 Å². The first kappa shape index (κ1) is 12.5. The molecule has 19 heavy (non-hydrogen) atoms. The molecule has 0 spiro atoms. The van der Waals surface area contributed by atoms with Crippen LogP contribution in [0.5, 0.6) is 0 Å². The molecule has 2 heterocycles. The molecule has 0 radical (unpaired) electrons. The van der Waals surface area contributed by atoms with Gasteiger partial charge in [0.2, 0.25) is 0 Å². The maximum Gasteiger partial charge on any atom is 0.255 e. The molecule has 0 bridgehead atoms. The van der Waals surface area contributed by atoms with Crippen molar-refractivity contribution in [1.29, 1.82) is 0 Å². The maximum atomic E-state index is 12.5. The van der Waals surface area contributed by atoms with Crippen LogP contribution in [0, 0.1) is 0 Å². The minimum atomic E-state index is 0.133. The number of likely N-dealkylation sites (tertiary alicyclic amines) is 1. The topological polar surface area (TPSA) is 45.2 Å². The summed E-state index contributed by atoms with van der Waals surface area (Å²) < 4.78 is 0. The van der Waals surface area contributed by atoms with Gasteiger partial charge in [0.25, 0.3) is 5.91 Å². The average molecular weight is 259 g/mol. The Morgan fingerprint density at radius 2 is 1.89 bits per heavy atom. The summed E-state index contributed by atoms with van der Waals surface area (Å²) in [5.74, 6) is 0.133. The van der Waals surface area contributed by atoms with Gasteiger partial charge >= 0.3 is 0 Å². The Morgan fingerprint density at radius 1 is 1.16 bits per heavy atom. The summed E-state index contributed by atoms with van der Waals surface area (Å²) in [7, 11) is 0. The molecule has 1 N–H and O–H groups in total. The zero-order valence-electron chi connectivity index (χ0n) is 11.3. The van der Waals surface area contributed by atoms with Crippen LogP contribution in [-0.2, 0) is 0 Å². The van der Waals surface area contributed by atoms with Crippen molar-refractivity contribution in [3.63, 3.8) is 0 Å². The number of carbonyl (C=O) groups is 1.